The number of carbonyl (C=O) groups is 1. The molecule has 1 aromatic carbocycles. The molecule has 0 saturated carbocycles. The van der Waals surface area contributed by atoms with E-state index in [0.717, 1.165) is 11.3 Å². The zero-order valence-corrected chi connectivity index (χ0v) is 20.1. The van der Waals surface area contributed by atoms with E-state index in [1.807, 2.05) is 22.8 Å². The SMILES string of the molecule is O=C(CSc1nnc(-c2cccnc2)n1Cc1ccco1)Nc1nc(-c2cccc([N+](=O)[O-])c2)cs1. The molecular formula is C23H17N7O4S2. The molecule has 0 bridgehead atoms. The van der Waals surface area contributed by atoms with Crippen LogP contribution < -0.4 is 5.32 Å². The Morgan fingerprint density at radius 3 is 2.83 bits per heavy atom. The molecule has 0 radical (unpaired) electrons. The van der Waals surface area contributed by atoms with Gasteiger partial charge in [0.25, 0.3) is 5.69 Å². The number of thioether (sulfide) groups is 1. The zero-order valence-electron chi connectivity index (χ0n) is 18.5. The first-order valence-electron chi connectivity index (χ1n) is 10.6. The number of carbonyl (C=O) groups excluding carboxylic acids is 1. The fraction of sp³-hybridized carbons (Fsp3) is 0.0870. The minimum Gasteiger partial charge on any atom is -0.467 e. The molecule has 0 unspecified atom stereocenters. The second-order valence-corrected chi connectivity index (χ2v) is 9.20. The Hall–Kier alpha value is -4.36. The molecule has 4 heterocycles. The van der Waals surface area contributed by atoms with Gasteiger partial charge >= 0.3 is 0 Å². The van der Waals surface area contributed by atoms with Crippen LogP contribution in [0.3, 0.4) is 0 Å². The minimum atomic E-state index is -0.458. The highest BCUT2D eigenvalue weighted by Gasteiger charge is 2.18. The van der Waals surface area contributed by atoms with E-state index in [-0.39, 0.29) is 17.3 Å². The molecule has 1 amide bonds. The molecular weight excluding hydrogens is 502 g/mol. The van der Waals surface area contributed by atoms with Crippen LogP contribution in [0.1, 0.15) is 5.76 Å². The molecule has 0 atom stereocenters. The van der Waals surface area contributed by atoms with Gasteiger partial charge in [0.2, 0.25) is 5.91 Å². The van der Waals surface area contributed by atoms with Crippen molar-refractivity contribution in [1.82, 2.24) is 24.7 Å². The lowest BCUT2D eigenvalue weighted by molar-refractivity contribution is -0.384. The summed E-state index contributed by atoms with van der Waals surface area (Å²) in [6.45, 7) is 0.396. The third-order valence-electron chi connectivity index (χ3n) is 4.97. The predicted molar refractivity (Wildman–Crippen MR) is 135 cm³/mol. The van der Waals surface area contributed by atoms with Crippen LogP contribution in [-0.2, 0) is 11.3 Å². The standard InChI is InChI=1S/C23H17N7O4S2/c31-20(26-22-25-19(13-35-22)15-4-1-6-17(10-15)30(32)33)14-36-23-28-27-21(16-5-2-8-24-11-16)29(23)12-18-7-3-9-34-18/h1-11,13H,12,14H2,(H,25,26,31). The number of amides is 1. The van der Waals surface area contributed by atoms with Crippen molar-refractivity contribution in [2.45, 2.75) is 11.7 Å². The fourth-order valence-corrected chi connectivity index (χ4v) is 4.81. The number of thiazole rings is 1. The average Bonchev–Trinajstić information content (AvgIpc) is 3.66. The van der Waals surface area contributed by atoms with Gasteiger partial charge in [-0.05, 0) is 24.3 Å². The lowest BCUT2D eigenvalue weighted by atomic mass is 10.1. The maximum absolute atomic E-state index is 12.6. The van der Waals surface area contributed by atoms with Gasteiger partial charge in [-0.3, -0.25) is 24.5 Å². The number of benzene rings is 1. The Kier molecular flexibility index (Phi) is 6.82. The van der Waals surface area contributed by atoms with Crippen LogP contribution in [0.2, 0.25) is 0 Å². The van der Waals surface area contributed by atoms with Crippen molar-refractivity contribution < 1.29 is 14.1 Å². The summed E-state index contributed by atoms with van der Waals surface area (Å²) < 4.78 is 7.36. The summed E-state index contributed by atoms with van der Waals surface area (Å²) in [5, 5.41) is 25.1. The van der Waals surface area contributed by atoms with E-state index in [1.54, 1.807) is 42.2 Å². The number of hydrogen-bond donors (Lipinski definition) is 1. The monoisotopic (exact) mass is 519 g/mol. The van der Waals surface area contributed by atoms with Gasteiger partial charge in [-0.2, -0.15) is 0 Å². The second kappa shape index (κ2) is 10.5. The Labute approximate surface area is 212 Å². The molecule has 0 aliphatic heterocycles. The third-order valence-corrected chi connectivity index (χ3v) is 6.69. The van der Waals surface area contributed by atoms with E-state index < -0.39 is 4.92 Å². The molecule has 4 aromatic heterocycles. The molecule has 0 aliphatic carbocycles. The Balaban J connectivity index is 1.28. The molecule has 13 heteroatoms. The summed E-state index contributed by atoms with van der Waals surface area (Å²) in [6.07, 6.45) is 4.98. The molecule has 36 heavy (non-hydrogen) atoms. The van der Waals surface area contributed by atoms with E-state index in [4.69, 9.17) is 4.42 Å². The van der Waals surface area contributed by atoms with Crippen molar-refractivity contribution >= 4 is 39.8 Å². The summed E-state index contributed by atoms with van der Waals surface area (Å²) in [4.78, 5) is 31.8. The number of nitrogens with one attached hydrogen (secondary N) is 1. The topological polar surface area (TPSA) is 142 Å². The lowest BCUT2D eigenvalue weighted by Crippen LogP contribution is -2.14. The predicted octanol–water partition coefficient (Wildman–Crippen LogP) is 4.74. The lowest BCUT2D eigenvalue weighted by Gasteiger charge is -2.08. The van der Waals surface area contributed by atoms with Crippen LogP contribution in [0, 0.1) is 10.1 Å². The summed E-state index contributed by atoms with van der Waals surface area (Å²) in [7, 11) is 0. The van der Waals surface area contributed by atoms with E-state index in [0.29, 0.717) is 33.9 Å². The maximum Gasteiger partial charge on any atom is 0.270 e. The highest BCUT2D eigenvalue weighted by Crippen LogP contribution is 2.28. The smallest absolute Gasteiger partial charge is 0.270 e. The first kappa shape index (κ1) is 23.4. The molecule has 5 rings (SSSR count). The first-order valence-corrected chi connectivity index (χ1v) is 12.4. The molecule has 0 saturated heterocycles. The van der Waals surface area contributed by atoms with Crippen molar-refractivity contribution in [3.8, 4) is 22.6 Å². The largest absolute Gasteiger partial charge is 0.467 e. The summed E-state index contributed by atoms with van der Waals surface area (Å²) in [6, 6.07) is 13.6. The van der Waals surface area contributed by atoms with Crippen molar-refractivity contribution in [3.05, 3.63) is 88.4 Å². The van der Waals surface area contributed by atoms with Crippen LogP contribution in [0.5, 0.6) is 0 Å². The van der Waals surface area contributed by atoms with Gasteiger partial charge in [-0.1, -0.05) is 23.9 Å². The van der Waals surface area contributed by atoms with E-state index in [2.05, 4.69) is 25.5 Å². The van der Waals surface area contributed by atoms with Gasteiger partial charge in [0.15, 0.2) is 16.1 Å². The molecule has 180 valence electrons. The third kappa shape index (κ3) is 5.31. The number of hydrogen-bond acceptors (Lipinski definition) is 10. The van der Waals surface area contributed by atoms with E-state index in [9.17, 15) is 14.9 Å². The fourth-order valence-electron chi connectivity index (χ4n) is 3.33. The van der Waals surface area contributed by atoms with Gasteiger partial charge in [0.05, 0.1) is 29.2 Å². The van der Waals surface area contributed by atoms with Crippen molar-refractivity contribution in [1.29, 1.82) is 0 Å². The van der Waals surface area contributed by atoms with Gasteiger partial charge in [0.1, 0.15) is 5.76 Å². The maximum atomic E-state index is 12.6. The quantitative estimate of drug-likeness (QED) is 0.166. The zero-order chi connectivity index (χ0) is 24.9. The highest BCUT2D eigenvalue weighted by atomic mass is 32.2. The number of nitro benzene ring substituents is 1. The number of furan rings is 1. The van der Waals surface area contributed by atoms with Gasteiger partial charge in [-0.25, -0.2) is 4.98 Å². The molecule has 0 fully saturated rings. The van der Waals surface area contributed by atoms with E-state index >= 15 is 0 Å². The molecule has 5 aromatic rings. The minimum absolute atomic E-state index is 0.0215. The summed E-state index contributed by atoms with van der Waals surface area (Å²) in [5.74, 6) is 1.15. The number of pyridine rings is 1. The molecule has 0 aliphatic rings. The van der Waals surface area contributed by atoms with Gasteiger partial charge in [-0.15, -0.1) is 21.5 Å². The highest BCUT2D eigenvalue weighted by molar-refractivity contribution is 7.99. The van der Waals surface area contributed by atoms with Crippen LogP contribution >= 0.6 is 23.1 Å². The van der Waals surface area contributed by atoms with E-state index in [1.165, 1.54) is 35.2 Å². The molecule has 11 nitrogen and oxygen atoms in total. The number of nitro groups is 1. The van der Waals surface area contributed by atoms with Gasteiger partial charge in [0, 0.05) is 41.0 Å². The van der Waals surface area contributed by atoms with Crippen LogP contribution in [-0.4, -0.2) is 41.3 Å². The second-order valence-electron chi connectivity index (χ2n) is 7.40. The molecule has 1 N–H and O–H groups in total. The first-order chi connectivity index (χ1) is 17.6. The van der Waals surface area contributed by atoms with Crippen molar-refractivity contribution in [2.75, 3.05) is 11.1 Å². The number of anilines is 1. The Bertz CT molecular complexity index is 1500. The van der Waals surface area contributed by atoms with Crippen molar-refractivity contribution in [2.24, 2.45) is 0 Å². The van der Waals surface area contributed by atoms with Crippen LogP contribution in [0.15, 0.2) is 82.1 Å². The average molecular weight is 520 g/mol. The number of nitrogens with zero attached hydrogens (tertiary/aromatic N) is 6. The number of aromatic nitrogens is 5. The number of non-ortho nitro benzene ring substituents is 1. The Morgan fingerprint density at radius 2 is 2.06 bits per heavy atom. The normalized spacial score (nSPS) is 10.9. The van der Waals surface area contributed by atoms with Crippen LogP contribution in [0.25, 0.3) is 22.6 Å². The van der Waals surface area contributed by atoms with Crippen molar-refractivity contribution in [3.63, 3.8) is 0 Å². The Morgan fingerprint density at radius 1 is 1.17 bits per heavy atom. The summed E-state index contributed by atoms with van der Waals surface area (Å²) in [5.41, 5.74) is 1.92. The molecule has 0 spiro atoms. The summed E-state index contributed by atoms with van der Waals surface area (Å²) >= 11 is 2.48. The number of rotatable bonds is 9. The van der Waals surface area contributed by atoms with Gasteiger partial charge < -0.3 is 9.73 Å². The van der Waals surface area contributed by atoms with Crippen LogP contribution in [0.4, 0.5) is 10.8 Å².